The maximum absolute atomic E-state index is 13.1. The van der Waals surface area contributed by atoms with Gasteiger partial charge in [0.1, 0.15) is 5.75 Å². The minimum atomic E-state index is -3.42. The van der Waals surface area contributed by atoms with Crippen LogP contribution in [-0.4, -0.2) is 69.9 Å². The van der Waals surface area contributed by atoms with Gasteiger partial charge in [-0.1, -0.05) is 23.7 Å². The molecule has 9 heteroatoms. The first kappa shape index (κ1) is 23.9. The van der Waals surface area contributed by atoms with E-state index >= 15 is 0 Å². The molecule has 0 unspecified atom stereocenters. The van der Waals surface area contributed by atoms with Gasteiger partial charge >= 0.3 is 0 Å². The molecule has 0 aliphatic carbocycles. The fourth-order valence-electron chi connectivity index (χ4n) is 4.50. The summed E-state index contributed by atoms with van der Waals surface area (Å²) in [5, 5.41) is 0.584. The SMILES string of the molecule is COc1ccc(N2CCN(C(=O)C3CCN(S(=O)(=O)Cc4ccc(Cl)cc4)CC3)CC2)cc1. The standard InChI is InChI=1S/C24H30ClN3O4S/c1-32-23-8-6-22(7-9-23)26-14-16-27(17-15-26)24(29)20-10-12-28(13-11-20)33(30,31)18-19-2-4-21(25)5-3-19/h2-9,20H,10-18H2,1H3. The number of anilines is 1. The highest BCUT2D eigenvalue weighted by Gasteiger charge is 2.34. The van der Waals surface area contributed by atoms with E-state index in [2.05, 4.69) is 4.90 Å². The zero-order valence-electron chi connectivity index (χ0n) is 18.8. The summed E-state index contributed by atoms with van der Waals surface area (Å²) in [6.45, 7) is 3.70. The summed E-state index contributed by atoms with van der Waals surface area (Å²) >= 11 is 5.89. The lowest BCUT2D eigenvalue weighted by atomic mass is 9.96. The average Bonchev–Trinajstić information content (AvgIpc) is 2.85. The van der Waals surface area contributed by atoms with Gasteiger partial charge in [0, 0.05) is 55.9 Å². The van der Waals surface area contributed by atoms with Gasteiger partial charge in [-0.2, -0.15) is 0 Å². The lowest BCUT2D eigenvalue weighted by Gasteiger charge is -2.39. The van der Waals surface area contributed by atoms with Crippen LogP contribution in [0.1, 0.15) is 18.4 Å². The fraction of sp³-hybridized carbons (Fsp3) is 0.458. The predicted octanol–water partition coefficient (Wildman–Crippen LogP) is 3.24. The number of carbonyl (C=O) groups excluding carboxylic acids is 1. The number of benzene rings is 2. The van der Waals surface area contributed by atoms with E-state index < -0.39 is 10.0 Å². The van der Waals surface area contributed by atoms with Crippen LogP contribution >= 0.6 is 11.6 Å². The van der Waals surface area contributed by atoms with Crippen molar-refractivity contribution in [3.05, 3.63) is 59.1 Å². The summed E-state index contributed by atoms with van der Waals surface area (Å²) in [7, 11) is -1.76. The van der Waals surface area contributed by atoms with Crippen LogP contribution in [0.2, 0.25) is 5.02 Å². The molecule has 0 aromatic heterocycles. The van der Waals surface area contributed by atoms with Crippen molar-refractivity contribution in [2.45, 2.75) is 18.6 Å². The molecule has 1 amide bonds. The Bertz CT molecular complexity index is 1040. The first-order chi connectivity index (χ1) is 15.9. The molecule has 7 nitrogen and oxygen atoms in total. The quantitative estimate of drug-likeness (QED) is 0.620. The first-order valence-electron chi connectivity index (χ1n) is 11.3. The number of ether oxygens (including phenoxy) is 1. The minimum Gasteiger partial charge on any atom is -0.497 e. The van der Waals surface area contributed by atoms with Gasteiger partial charge in [0.15, 0.2) is 0 Å². The average molecular weight is 492 g/mol. The summed E-state index contributed by atoms with van der Waals surface area (Å²) < 4.78 is 32.4. The Morgan fingerprint density at radius 2 is 1.55 bits per heavy atom. The van der Waals surface area contributed by atoms with Crippen molar-refractivity contribution in [1.82, 2.24) is 9.21 Å². The Morgan fingerprint density at radius 1 is 0.939 bits per heavy atom. The topological polar surface area (TPSA) is 70.2 Å². The highest BCUT2D eigenvalue weighted by molar-refractivity contribution is 7.88. The molecule has 2 fully saturated rings. The van der Waals surface area contributed by atoms with E-state index in [1.807, 2.05) is 29.2 Å². The predicted molar refractivity (Wildman–Crippen MR) is 130 cm³/mol. The normalized spacial score (nSPS) is 18.4. The molecule has 0 bridgehead atoms. The van der Waals surface area contributed by atoms with E-state index in [1.54, 1.807) is 31.4 Å². The number of amides is 1. The van der Waals surface area contributed by atoms with Gasteiger partial charge in [-0.25, -0.2) is 12.7 Å². The van der Waals surface area contributed by atoms with E-state index in [0.29, 0.717) is 49.6 Å². The van der Waals surface area contributed by atoms with E-state index in [0.717, 1.165) is 24.5 Å². The van der Waals surface area contributed by atoms with Crippen LogP contribution in [0.15, 0.2) is 48.5 Å². The van der Waals surface area contributed by atoms with Crippen LogP contribution in [0.3, 0.4) is 0 Å². The highest BCUT2D eigenvalue weighted by atomic mass is 35.5. The third kappa shape index (κ3) is 5.80. The molecule has 0 spiro atoms. The molecular weight excluding hydrogens is 462 g/mol. The second-order valence-electron chi connectivity index (χ2n) is 8.57. The smallest absolute Gasteiger partial charge is 0.225 e. The lowest BCUT2D eigenvalue weighted by molar-refractivity contribution is -0.137. The van der Waals surface area contributed by atoms with E-state index in [1.165, 1.54) is 4.31 Å². The van der Waals surface area contributed by atoms with Crippen LogP contribution in [0.4, 0.5) is 5.69 Å². The van der Waals surface area contributed by atoms with Gasteiger partial charge in [-0.05, 0) is 54.8 Å². The maximum atomic E-state index is 13.1. The Balaban J connectivity index is 1.26. The van der Waals surface area contributed by atoms with Crippen LogP contribution < -0.4 is 9.64 Å². The maximum Gasteiger partial charge on any atom is 0.225 e. The number of hydrogen-bond donors (Lipinski definition) is 0. The number of rotatable bonds is 6. The summed E-state index contributed by atoms with van der Waals surface area (Å²) in [4.78, 5) is 17.3. The summed E-state index contributed by atoms with van der Waals surface area (Å²) in [6, 6.07) is 14.8. The third-order valence-corrected chi connectivity index (χ3v) is 8.59. The molecule has 2 aliphatic heterocycles. The molecule has 2 aromatic rings. The molecule has 2 heterocycles. The molecule has 2 aromatic carbocycles. The van der Waals surface area contributed by atoms with Crippen molar-refractivity contribution < 1.29 is 17.9 Å². The third-order valence-electron chi connectivity index (χ3n) is 6.49. The molecule has 0 atom stereocenters. The first-order valence-corrected chi connectivity index (χ1v) is 13.2. The number of sulfonamides is 1. The fourth-order valence-corrected chi connectivity index (χ4v) is 6.19. The molecule has 33 heavy (non-hydrogen) atoms. The molecular formula is C24H30ClN3O4S. The van der Waals surface area contributed by atoms with Crippen LogP contribution in [0.5, 0.6) is 5.75 Å². The van der Waals surface area contributed by atoms with Gasteiger partial charge in [-0.15, -0.1) is 0 Å². The van der Waals surface area contributed by atoms with E-state index in [4.69, 9.17) is 16.3 Å². The number of nitrogens with zero attached hydrogens (tertiary/aromatic N) is 3. The van der Waals surface area contributed by atoms with E-state index in [9.17, 15) is 13.2 Å². The molecule has 2 aliphatic rings. The van der Waals surface area contributed by atoms with E-state index in [-0.39, 0.29) is 17.6 Å². The minimum absolute atomic E-state index is 0.0455. The Hall–Kier alpha value is -2.29. The molecule has 4 rings (SSSR count). The van der Waals surface area contributed by atoms with Crippen molar-refractivity contribution in [3.8, 4) is 5.75 Å². The monoisotopic (exact) mass is 491 g/mol. The molecule has 0 saturated carbocycles. The van der Waals surface area contributed by atoms with Crippen molar-refractivity contribution in [3.63, 3.8) is 0 Å². The number of carbonyl (C=O) groups is 1. The molecule has 0 N–H and O–H groups in total. The number of piperidine rings is 1. The zero-order chi connectivity index (χ0) is 23.4. The second-order valence-corrected chi connectivity index (χ2v) is 11.0. The lowest BCUT2D eigenvalue weighted by Crippen LogP contribution is -2.52. The number of halogens is 1. The summed E-state index contributed by atoms with van der Waals surface area (Å²) in [5.41, 5.74) is 1.84. The van der Waals surface area contributed by atoms with Crippen LogP contribution in [-0.2, 0) is 20.6 Å². The Kier molecular flexibility index (Phi) is 7.46. The van der Waals surface area contributed by atoms with Gasteiger partial charge < -0.3 is 14.5 Å². The molecule has 178 valence electrons. The van der Waals surface area contributed by atoms with Crippen LogP contribution in [0.25, 0.3) is 0 Å². The van der Waals surface area contributed by atoms with Crippen molar-refractivity contribution in [1.29, 1.82) is 0 Å². The van der Waals surface area contributed by atoms with Crippen LogP contribution in [0, 0.1) is 5.92 Å². The largest absolute Gasteiger partial charge is 0.497 e. The molecule has 0 radical (unpaired) electrons. The second kappa shape index (κ2) is 10.3. The highest BCUT2D eigenvalue weighted by Crippen LogP contribution is 2.25. The van der Waals surface area contributed by atoms with Gasteiger partial charge in [0.2, 0.25) is 15.9 Å². The van der Waals surface area contributed by atoms with Crippen molar-refractivity contribution in [2.24, 2.45) is 5.92 Å². The molecule has 2 saturated heterocycles. The summed E-state index contributed by atoms with van der Waals surface area (Å²) in [6.07, 6.45) is 1.13. The van der Waals surface area contributed by atoms with Crippen molar-refractivity contribution in [2.75, 3.05) is 51.3 Å². The zero-order valence-corrected chi connectivity index (χ0v) is 20.4. The van der Waals surface area contributed by atoms with Gasteiger partial charge in [0.25, 0.3) is 0 Å². The number of hydrogen-bond acceptors (Lipinski definition) is 5. The number of methoxy groups -OCH3 is 1. The van der Waals surface area contributed by atoms with Gasteiger partial charge in [-0.3, -0.25) is 4.79 Å². The van der Waals surface area contributed by atoms with Gasteiger partial charge in [0.05, 0.1) is 12.9 Å². The Labute approximate surface area is 200 Å². The Morgan fingerprint density at radius 3 is 2.12 bits per heavy atom. The van der Waals surface area contributed by atoms with Crippen molar-refractivity contribution >= 4 is 33.2 Å². The summed E-state index contributed by atoms with van der Waals surface area (Å²) in [5.74, 6) is 0.823. The number of piperazine rings is 1.